The van der Waals surface area contributed by atoms with Crippen LogP contribution >= 0.6 is 0 Å². The van der Waals surface area contributed by atoms with Crippen LogP contribution in [0.4, 0.5) is 10.1 Å². The fraction of sp³-hybridized carbons (Fsp3) is 0.308. The van der Waals surface area contributed by atoms with Gasteiger partial charge in [0.2, 0.25) is 0 Å². The van der Waals surface area contributed by atoms with Crippen molar-refractivity contribution in [2.45, 2.75) is 13.5 Å². The molecule has 0 saturated carbocycles. The van der Waals surface area contributed by atoms with Crippen molar-refractivity contribution in [3.63, 3.8) is 0 Å². The normalized spacial score (nSPS) is 10.5. The molecule has 0 unspecified atom stereocenters. The molecule has 0 radical (unpaired) electrons. The van der Waals surface area contributed by atoms with E-state index in [1.54, 1.807) is 12.1 Å². The molecule has 1 heterocycles. The van der Waals surface area contributed by atoms with E-state index in [1.807, 2.05) is 11.8 Å². The maximum atomic E-state index is 12.9. The molecule has 1 aromatic heterocycles. The zero-order valence-corrected chi connectivity index (χ0v) is 11.0. The van der Waals surface area contributed by atoms with Crippen LogP contribution in [0.2, 0.25) is 0 Å². The van der Waals surface area contributed by atoms with Gasteiger partial charge < -0.3 is 10.0 Å². The van der Waals surface area contributed by atoms with Crippen LogP contribution in [0.3, 0.4) is 0 Å². The van der Waals surface area contributed by atoms with Crippen LogP contribution in [0.5, 0.6) is 0 Å². The molecule has 2 rings (SSSR count). The molecule has 0 saturated heterocycles. The highest BCUT2D eigenvalue weighted by atomic mass is 19.1. The van der Waals surface area contributed by atoms with Gasteiger partial charge in [0.05, 0.1) is 12.7 Å². The molecule has 0 bridgehead atoms. The number of likely N-dealkylation sites (N-methyl/N-ethyl adjacent to an activating group) is 1. The molecule has 0 aliphatic heterocycles. The number of nitrogens with zero attached hydrogens (tertiary/aromatic N) is 4. The number of hydrogen-bond donors (Lipinski definition) is 1. The van der Waals surface area contributed by atoms with Crippen LogP contribution in [0, 0.1) is 5.82 Å². The Labute approximate surface area is 115 Å². The molecule has 1 aromatic carbocycles. The molecule has 0 amide bonds. The lowest BCUT2D eigenvalue weighted by Crippen LogP contribution is -2.27. The van der Waals surface area contributed by atoms with Crippen molar-refractivity contribution in [2.24, 2.45) is 0 Å². The largest absolute Gasteiger partial charge is 0.476 e. The van der Waals surface area contributed by atoms with Gasteiger partial charge in [-0.25, -0.2) is 13.9 Å². The first-order valence-electron chi connectivity index (χ1n) is 6.24. The zero-order chi connectivity index (χ0) is 14.5. The number of halogens is 1. The van der Waals surface area contributed by atoms with Gasteiger partial charge in [0.15, 0.2) is 5.69 Å². The van der Waals surface area contributed by atoms with Crippen molar-refractivity contribution in [1.82, 2.24) is 15.0 Å². The van der Waals surface area contributed by atoms with E-state index in [1.165, 1.54) is 23.0 Å². The van der Waals surface area contributed by atoms with Crippen LogP contribution in [0.15, 0.2) is 30.5 Å². The third kappa shape index (κ3) is 3.31. The summed E-state index contributed by atoms with van der Waals surface area (Å²) in [5, 5.41) is 16.1. The number of anilines is 1. The van der Waals surface area contributed by atoms with Crippen LogP contribution in [-0.4, -0.2) is 39.2 Å². The van der Waals surface area contributed by atoms with Crippen molar-refractivity contribution in [3.8, 4) is 0 Å². The van der Waals surface area contributed by atoms with Crippen LogP contribution in [0.1, 0.15) is 17.4 Å². The van der Waals surface area contributed by atoms with E-state index in [2.05, 4.69) is 10.3 Å². The first kappa shape index (κ1) is 14.0. The minimum absolute atomic E-state index is 0.0742. The molecule has 20 heavy (non-hydrogen) atoms. The van der Waals surface area contributed by atoms with E-state index in [9.17, 15) is 9.18 Å². The highest BCUT2D eigenvalue weighted by Crippen LogP contribution is 2.14. The summed E-state index contributed by atoms with van der Waals surface area (Å²) in [4.78, 5) is 12.7. The van der Waals surface area contributed by atoms with Gasteiger partial charge in [-0.05, 0) is 31.2 Å². The smallest absolute Gasteiger partial charge is 0.358 e. The first-order valence-corrected chi connectivity index (χ1v) is 6.24. The van der Waals surface area contributed by atoms with E-state index < -0.39 is 5.97 Å². The lowest BCUT2D eigenvalue weighted by atomic mass is 10.3. The highest BCUT2D eigenvalue weighted by molar-refractivity contribution is 5.84. The predicted octanol–water partition coefficient (Wildman–Crippen LogP) is 1.64. The number of hydrogen-bond acceptors (Lipinski definition) is 4. The Morgan fingerprint density at radius 3 is 2.65 bits per heavy atom. The summed E-state index contributed by atoms with van der Waals surface area (Å²) in [5.41, 5.74) is 0.835. The Bertz CT molecular complexity index is 582. The molecule has 0 aliphatic carbocycles. The number of benzene rings is 1. The Kier molecular flexibility index (Phi) is 4.29. The fourth-order valence-corrected chi connectivity index (χ4v) is 1.85. The van der Waals surface area contributed by atoms with Gasteiger partial charge >= 0.3 is 5.97 Å². The summed E-state index contributed by atoms with van der Waals surface area (Å²) in [5.74, 6) is -1.37. The maximum absolute atomic E-state index is 12.9. The Balaban J connectivity index is 1.99. The number of aromatic carboxylic acids is 1. The molecule has 106 valence electrons. The topological polar surface area (TPSA) is 71.2 Å². The van der Waals surface area contributed by atoms with Gasteiger partial charge in [0.25, 0.3) is 0 Å². The second-order valence-corrected chi connectivity index (χ2v) is 4.23. The molecule has 0 aliphatic rings. The molecule has 2 aromatic rings. The van der Waals surface area contributed by atoms with Gasteiger partial charge in [-0.2, -0.15) is 0 Å². The quantitative estimate of drug-likeness (QED) is 0.869. The number of aromatic nitrogens is 3. The van der Waals surface area contributed by atoms with Crippen molar-refractivity contribution < 1.29 is 14.3 Å². The van der Waals surface area contributed by atoms with E-state index in [0.717, 1.165) is 12.2 Å². The molecule has 0 atom stereocenters. The van der Waals surface area contributed by atoms with Crippen molar-refractivity contribution in [1.29, 1.82) is 0 Å². The molecule has 1 N–H and O–H groups in total. The number of carboxylic acid groups (broad SMARTS) is 1. The van der Waals surface area contributed by atoms with Gasteiger partial charge in [-0.15, -0.1) is 5.10 Å². The SMILES string of the molecule is CCN(CCn1cc(C(=O)O)nn1)c1ccc(F)cc1. The van der Waals surface area contributed by atoms with Gasteiger partial charge in [-0.3, -0.25) is 0 Å². The summed E-state index contributed by atoms with van der Waals surface area (Å²) >= 11 is 0. The number of carboxylic acids is 1. The molecular formula is C13H15FN4O2. The molecule has 6 nitrogen and oxygen atoms in total. The average Bonchev–Trinajstić information content (AvgIpc) is 2.90. The first-order chi connectivity index (χ1) is 9.60. The zero-order valence-electron chi connectivity index (χ0n) is 11.0. The van der Waals surface area contributed by atoms with Crippen molar-refractivity contribution >= 4 is 11.7 Å². The molecular weight excluding hydrogens is 263 g/mol. The van der Waals surface area contributed by atoms with E-state index in [-0.39, 0.29) is 11.5 Å². The van der Waals surface area contributed by atoms with Gasteiger partial charge in [0.1, 0.15) is 5.82 Å². The van der Waals surface area contributed by atoms with Gasteiger partial charge in [-0.1, -0.05) is 5.21 Å². The average molecular weight is 278 g/mol. The Morgan fingerprint density at radius 2 is 2.10 bits per heavy atom. The van der Waals surface area contributed by atoms with Crippen LogP contribution in [-0.2, 0) is 6.54 Å². The second-order valence-electron chi connectivity index (χ2n) is 4.23. The lowest BCUT2D eigenvalue weighted by Gasteiger charge is -2.22. The second kappa shape index (κ2) is 6.14. The van der Waals surface area contributed by atoms with E-state index in [4.69, 9.17) is 5.11 Å². The predicted molar refractivity (Wildman–Crippen MR) is 71.3 cm³/mol. The van der Waals surface area contributed by atoms with Gasteiger partial charge in [0, 0.05) is 18.8 Å². The number of rotatable bonds is 6. The third-order valence-electron chi connectivity index (χ3n) is 2.93. The Hall–Kier alpha value is -2.44. The van der Waals surface area contributed by atoms with Crippen LogP contribution < -0.4 is 4.90 Å². The minimum Gasteiger partial charge on any atom is -0.476 e. The highest BCUT2D eigenvalue weighted by Gasteiger charge is 2.09. The van der Waals surface area contributed by atoms with Crippen molar-refractivity contribution in [2.75, 3.05) is 18.0 Å². The van der Waals surface area contributed by atoms with E-state index >= 15 is 0 Å². The fourth-order valence-electron chi connectivity index (χ4n) is 1.85. The molecule has 0 fully saturated rings. The standard InChI is InChI=1S/C13H15FN4O2/c1-2-17(11-5-3-10(14)4-6-11)7-8-18-9-12(13(19)20)15-16-18/h3-6,9H,2,7-8H2,1H3,(H,19,20). The molecule has 0 spiro atoms. The third-order valence-corrected chi connectivity index (χ3v) is 2.93. The summed E-state index contributed by atoms with van der Waals surface area (Å²) in [6.07, 6.45) is 1.39. The summed E-state index contributed by atoms with van der Waals surface area (Å²) in [6.45, 7) is 3.88. The maximum Gasteiger partial charge on any atom is 0.358 e. The summed E-state index contributed by atoms with van der Waals surface area (Å²) in [6, 6.07) is 6.25. The summed E-state index contributed by atoms with van der Waals surface area (Å²) < 4.78 is 14.4. The summed E-state index contributed by atoms with van der Waals surface area (Å²) in [7, 11) is 0. The van der Waals surface area contributed by atoms with Crippen molar-refractivity contribution in [3.05, 3.63) is 42.0 Å². The molecule has 7 heteroatoms. The van der Waals surface area contributed by atoms with E-state index in [0.29, 0.717) is 13.1 Å². The van der Waals surface area contributed by atoms with Crippen LogP contribution in [0.25, 0.3) is 0 Å². The Morgan fingerprint density at radius 1 is 1.40 bits per heavy atom. The number of carbonyl (C=O) groups is 1. The monoisotopic (exact) mass is 278 g/mol. The lowest BCUT2D eigenvalue weighted by molar-refractivity contribution is 0.0690. The minimum atomic E-state index is -1.10.